The summed E-state index contributed by atoms with van der Waals surface area (Å²) in [7, 11) is 0. The minimum Gasteiger partial charge on any atom is -0.490 e. The summed E-state index contributed by atoms with van der Waals surface area (Å²) >= 11 is 2.83. The van der Waals surface area contributed by atoms with Gasteiger partial charge in [0.15, 0.2) is 16.3 Å². The molecule has 0 aliphatic carbocycles. The average molecular weight is 541 g/mol. The maximum atomic E-state index is 13.8. The van der Waals surface area contributed by atoms with E-state index in [0.717, 1.165) is 16.9 Å². The van der Waals surface area contributed by atoms with Crippen molar-refractivity contribution in [1.29, 1.82) is 0 Å². The van der Waals surface area contributed by atoms with E-state index in [1.165, 1.54) is 22.7 Å². The summed E-state index contributed by atoms with van der Waals surface area (Å²) in [5, 5.41) is 1.95. The third-order valence-electron chi connectivity index (χ3n) is 5.63. The van der Waals surface area contributed by atoms with Crippen molar-refractivity contribution >= 4 is 34.7 Å². The van der Waals surface area contributed by atoms with Gasteiger partial charge in [-0.15, -0.1) is 11.3 Å². The number of benzene rings is 1. The van der Waals surface area contributed by atoms with Gasteiger partial charge in [0, 0.05) is 4.88 Å². The van der Waals surface area contributed by atoms with Crippen LogP contribution in [0, 0.1) is 0 Å². The predicted molar refractivity (Wildman–Crippen MR) is 147 cm³/mol. The molecule has 9 heteroatoms. The number of rotatable bonds is 10. The second-order valence-corrected chi connectivity index (χ2v) is 10.7. The maximum absolute atomic E-state index is 13.8. The van der Waals surface area contributed by atoms with Gasteiger partial charge in [-0.3, -0.25) is 9.36 Å². The topological polar surface area (TPSA) is 79.1 Å². The van der Waals surface area contributed by atoms with Crippen LogP contribution in [0.4, 0.5) is 0 Å². The Morgan fingerprint density at radius 2 is 1.97 bits per heavy atom. The number of carbonyl (C=O) groups excluding carboxylic acids is 1. The Balaban J connectivity index is 1.89. The van der Waals surface area contributed by atoms with Crippen LogP contribution in [0.1, 0.15) is 63.9 Å². The molecule has 0 fully saturated rings. The minimum atomic E-state index is -0.570. The second kappa shape index (κ2) is 11.9. The van der Waals surface area contributed by atoms with Crippen molar-refractivity contribution < 1.29 is 19.0 Å². The molecule has 37 heavy (non-hydrogen) atoms. The number of aromatic nitrogens is 1. The lowest BCUT2D eigenvalue weighted by Crippen LogP contribution is -2.39. The molecule has 1 aliphatic rings. The van der Waals surface area contributed by atoms with Crippen LogP contribution in [0.15, 0.2) is 56.8 Å². The summed E-state index contributed by atoms with van der Waals surface area (Å²) in [5.41, 5.74) is 1.75. The summed E-state index contributed by atoms with van der Waals surface area (Å²) < 4.78 is 19.3. The molecule has 0 spiro atoms. The number of thiazole rings is 1. The molecule has 1 aliphatic heterocycles. The van der Waals surface area contributed by atoms with Gasteiger partial charge in [-0.2, -0.15) is 0 Å². The van der Waals surface area contributed by atoms with Gasteiger partial charge in [-0.25, -0.2) is 9.79 Å². The zero-order valence-corrected chi connectivity index (χ0v) is 23.4. The quantitative estimate of drug-likeness (QED) is 0.344. The van der Waals surface area contributed by atoms with Gasteiger partial charge in [0.1, 0.15) is 6.04 Å². The van der Waals surface area contributed by atoms with Crippen LogP contribution in [0.25, 0.3) is 6.08 Å². The third-order valence-corrected chi connectivity index (χ3v) is 7.54. The van der Waals surface area contributed by atoms with Crippen LogP contribution in [0.2, 0.25) is 0 Å². The van der Waals surface area contributed by atoms with Crippen molar-refractivity contribution in [3.63, 3.8) is 0 Å². The first kappa shape index (κ1) is 26.9. The molecule has 3 aromatic rings. The van der Waals surface area contributed by atoms with Gasteiger partial charge in [0.25, 0.3) is 5.56 Å². The zero-order chi connectivity index (χ0) is 26.5. The number of hydrogen-bond donors (Lipinski definition) is 0. The van der Waals surface area contributed by atoms with Gasteiger partial charge in [0.05, 0.1) is 35.1 Å². The number of nitrogens with zero attached hydrogens (tertiary/aromatic N) is 2. The lowest BCUT2D eigenvalue weighted by atomic mass is 9.99. The molecule has 0 amide bonds. The van der Waals surface area contributed by atoms with Crippen molar-refractivity contribution in [1.82, 2.24) is 4.57 Å². The highest BCUT2D eigenvalue weighted by Gasteiger charge is 2.34. The number of ether oxygens (including phenoxy) is 3. The summed E-state index contributed by atoms with van der Waals surface area (Å²) in [6.07, 6.45) is 3.29. The Hall–Kier alpha value is -3.17. The minimum absolute atomic E-state index is 0.0110. The third kappa shape index (κ3) is 5.72. The van der Waals surface area contributed by atoms with Gasteiger partial charge in [-0.05, 0) is 69.3 Å². The van der Waals surface area contributed by atoms with Crippen LogP contribution in [0.3, 0.4) is 0 Å². The van der Waals surface area contributed by atoms with E-state index in [1.807, 2.05) is 69.5 Å². The SMILES string of the molecule is CCCC1=C(C(=O)OCC)[C@@H](c2cccs2)n2c(s/c(=C\c3ccc(OC(C)C)c(OCC)c3)c2=O)=N1. The highest BCUT2D eigenvalue weighted by molar-refractivity contribution is 7.10. The summed E-state index contributed by atoms with van der Waals surface area (Å²) in [6, 6.07) is 8.95. The first-order valence-corrected chi connectivity index (χ1v) is 14.3. The van der Waals surface area contributed by atoms with Crippen LogP contribution in [-0.4, -0.2) is 29.9 Å². The normalized spacial score (nSPS) is 15.5. The standard InChI is InChI=1S/C28H32N2O5S2/c1-6-10-19-24(27(32)34-8-3)25(22-11-9-14-36-22)30-26(31)23(37-28(30)29-19)16-18-12-13-20(35-17(4)5)21(15-18)33-7-2/h9,11-17,25H,6-8,10H2,1-5H3/b23-16-/t25-/m1/s1. The van der Waals surface area contributed by atoms with Crippen LogP contribution in [-0.2, 0) is 9.53 Å². The van der Waals surface area contributed by atoms with Crippen molar-refractivity contribution in [3.05, 3.63) is 77.1 Å². The molecule has 0 saturated carbocycles. The number of esters is 1. The number of fused-ring (bicyclic) bond motifs is 1. The second-order valence-electron chi connectivity index (χ2n) is 8.73. The first-order chi connectivity index (χ1) is 17.9. The molecular formula is C28H32N2O5S2. The molecular weight excluding hydrogens is 508 g/mol. The van der Waals surface area contributed by atoms with Gasteiger partial charge in [-0.1, -0.05) is 36.8 Å². The van der Waals surface area contributed by atoms with Crippen molar-refractivity contribution in [3.8, 4) is 11.5 Å². The molecule has 0 saturated heterocycles. The highest BCUT2D eigenvalue weighted by Crippen LogP contribution is 2.35. The van der Waals surface area contributed by atoms with E-state index < -0.39 is 12.0 Å². The Kier molecular flexibility index (Phi) is 8.66. The van der Waals surface area contributed by atoms with E-state index in [-0.39, 0.29) is 18.3 Å². The van der Waals surface area contributed by atoms with E-state index in [4.69, 9.17) is 19.2 Å². The fourth-order valence-corrected chi connectivity index (χ4v) is 6.07. The van der Waals surface area contributed by atoms with Crippen LogP contribution < -0.4 is 24.4 Å². The van der Waals surface area contributed by atoms with E-state index in [2.05, 4.69) is 0 Å². The van der Waals surface area contributed by atoms with Gasteiger partial charge >= 0.3 is 5.97 Å². The predicted octanol–water partition coefficient (Wildman–Crippen LogP) is 4.83. The first-order valence-electron chi connectivity index (χ1n) is 12.6. The van der Waals surface area contributed by atoms with Crippen LogP contribution >= 0.6 is 22.7 Å². The van der Waals surface area contributed by atoms with Gasteiger partial charge < -0.3 is 14.2 Å². The molecule has 1 aromatic carbocycles. The van der Waals surface area contributed by atoms with Crippen molar-refractivity contribution in [2.75, 3.05) is 13.2 Å². The maximum Gasteiger partial charge on any atom is 0.338 e. The van der Waals surface area contributed by atoms with Crippen molar-refractivity contribution in [2.24, 2.45) is 4.99 Å². The molecule has 2 aromatic heterocycles. The number of carbonyl (C=O) groups is 1. The fraction of sp³-hybridized carbons (Fsp3) is 0.393. The Labute approximate surface area is 224 Å². The number of hydrogen-bond acceptors (Lipinski definition) is 8. The number of thiophene rings is 1. The fourth-order valence-electron chi connectivity index (χ4n) is 4.22. The molecule has 196 valence electrons. The number of allylic oxidation sites excluding steroid dienone is 1. The molecule has 7 nitrogen and oxygen atoms in total. The summed E-state index contributed by atoms with van der Waals surface area (Å²) in [5.74, 6) is 0.866. The van der Waals surface area contributed by atoms with E-state index >= 15 is 0 Å². The molecule has 4 rings (SSSR count). The smallest absolute Gasteiger partial charge is 0.338 e. The van der Waals surface area contributed by atoms with E-state index in [0.29, 0.717) is 45.1 Å². The lowest BCUT2D eigenvalue weighted by molar-refractivity contribution is -0.139. The molecule has 0 bridgehead atoms. The highest BCUT2D eigenvalue weighted by atomic mass is 32.1. The monoisotopic (exact) mass is 540 g/mol. The van der Waals surface area contributed by atoms with Gasteiger partial charge in [0.2, 0.25) is 0 Å². The Bertz CT molecular complexity index is 1460. The molecule has 0 radical (unpaired) electrons. The largest absolute Gasteiger partial charge is 0.490 e. The van der Waals surface area contributed by atoms with Crippen molar-refractivity contribution in [2.45, 2.75) is 59.6 Å². The lowest BCUT2D eigenvalue weighted by Gasteiger charge is -2.24. The molecule has 0 N–H and O–H groups in total. The summed E-state index contributed by atoms with van der Waals surface area (Å²) in [6.45, 7) is 10.4. The van der Waals surface area contributed by atoms with Crippen LogP contribution in [0.5, 0.6) is 11.5 Å². The Morgan fingerprint density at radius 1 is 1.16 bits per heavy atom. The Morgan fingerprint density at radius 3 is 2.62 bits per heavy atom. The zero-order valence-electron chi connectivity index (χ0n) is 21.8. The average Bonchev–Trinajstić information content (AvgIpc) is 3.49. The van der Waals surface area contributed by atoms with E-state index in [1.54, 1.807) is 11.5 Å². The molecule has 3 heterocycles. The summed E-state index contributed by atoms with van der Waals surface area (Å²) in [4.78, 5) is 33.2. The molecule has 0 unspecified atom stereocenters. The van der Waals surface area contributed by atoms with E-state index in [9.17, 15) is 9.59 Å². The molecule has 1 atom stereocenters.